The van der Waals surface area contributed by atoms with E-state index in [-0.39, 0.29) is 39.6 Å². The molecule has 0 unspecified atom stereocenters. The van der Waals surface area contributed by atoms with Crippen molar-refractivity contribution in [1.82, 2.24) is 15.0 Å². The third kappa shape index (κ3) is 15.5. The van der Waals surface area contributed by atoms with Crippen LogP contribution in [0.3, 0.4) is 0 Å². The van der Waals surface area contributed by atoms with Crippen molar-refractivity contribution in [3.05, 3.63) is 11.9 Å². The van der Waals surface area contributed by atoms with Gasteiger partial charge in [0, 0.05) is 61.3 Å². The molecule has 3 heterocycles. The minimum atomic E-state index is -1.26. The molecule has 2 aliphatic heterocycles. The van der Waals surface area contributed by atoms with Gasteiger partial charge in [0.15, 0.2) is 42.9 Å². The van der Waals surface area contributed by atoms with Crippen LogP contribution in [0.4, 0.5) is 0 Å². The van der Waals surface area contributed by atoms with E-state index in [9.17, 15) is 33.6 Å². The van der Waals surface area contributed by atoms with Crippen LogP contribution in [0.25, 0.3) is 0 Å². The number of hydrogen-bond acceptors (Lipinski definition) is 22. The number of carbonyl (C=O) groups excluding carboxylic acids is 7. The molecule has 1 aromatic rings. The van der Waals surface area contributed by atoms with E-state index in [1.54, 1.807) is 6.20 Å². The Hall–Kier alpha value is -4.42. The fourth-order valence-electron chi connectivity index (χ4n) is 5.81. The van der Waals surface area contributed by atoms with Gasteiger partial charge in [0.25, 0.3) is 0 Å². The molecule has 2 saturated heterocycles. The number of esters is 7. The maximum absolute atomic E-state index is 12.0. The number of ether oxygens (including phenoxy) is 12. The SMILES string of the molecule is CO[C@H]1O[C@H](Cn2cc(COCCOCCS[C@@H]3O[C@H](COC(C)=O)[C@H](OC(C)=O)[C@H](OC(C)=O)[C@H]3OC(C)=O)nn2)[C@@H](OC(C)=O)[C@H](OC(C)=O)[C@H]1OC(C)=O. The molecule has 0 bridgehead atoms. The molecule has 23 heteroatoms. The zero-order valence-corrected chi connectivity index (χ0v) is 33.6. The van der Waals surface area contributed by atoms with E-state index >= 15 is 0 Å². The van der Waals surface area contributed by atoms with Crippen molar-refractivity contribution in [2.45, 2.75) is 122 Å². The third-order valence-corrected chi connectivity index (χ3v) is 8.87. The third-order valence-electron chi connectivity index (χ3n) is 7.76. The summed E-state index contributed by atoms with van der Waals surface area (Å²) in [6.45, 7) is 8.33. The predicted molar refractivity (Wildman–Crippen MR) is 187 cm³/mol. The Kier molecular flexibility index (Phi) is 19.0. The Morgan fingerprint density at radius 1 is 0.632 bits per heavy atom. The molecule has 2 aliphatic rings. The summed E-state index contributed by atoms with van der Waals surface area (Å²) >= 11 is 1.17. The topological polar surface area (TPSA) is 261 Å². The summed E-state index contributed by atoms with van der Waals surface area (Å²) < 4.78 is 67.7. The summed E-state index contributed by atoms with van der Waals surface area (Å²) in [4.78, 5) is 83.3. The molecular weight excluding hydrogens is 786 g/mol. The Balaban J connectivity index is 1.54. The molecular formula is C34H49N3O19S. The molecule has 0 aromatic carbocycles. The average Bonchev–Trinajstić information content (AvgIpc) is 3.55. The Morgan fingerprint density at radius 3 is 1.70 bits per heavy atom. The summed E-state index contributed by atoms with van der Waals surface area (Å²) in [5, 5.41) is 8.17. The highest BCUT2D eigenvalue weighted by atomic mass is 32.2. The molecule has 0 N–H and O–H groups in total. The second-order valence-corrected chi connectivity index (χ2v) is 13.7. The first-order chi connectivity index (χ1) is 27.0. The van der Waals surface area contributed by atoms with Crippen molar-refractivity contribution in [2.24, 2.45) is 0 Å². The first-order valence-electron chi connectivity index (χ1n) is 17.6. The lowest BCUT2D eigenvalue weighted by Gasteiger charge is -2.44. The summed E-state index contributed by atoms with van der Waals surface area (Å²) in [5.41, 5.74) is -0.494. The highest BCUT2D eigenvalue weighted by Crippen LogP contribution is 2.35. The van der Waals surface area contributed by atoms with Crippen molar-refractivity contribution >= 4 is 53.5 Å². The molecule has 1 aromatic heterocycles. The normalized spacial score (nSPS) is 27.0. The van der Waals surface area contributed by atoms with E-state index in [2.05, 4.69) is 10.3 Å². The van der Waals surface area contributed by atoms with E-state index < -0.39 is 102 Å². The number of nitrogens with zero attached hydrogens (tertiary/aromatic N) is 3. The van der Waals surface area contributed by atoms with Crippen LogP contribution in [0, 0.1) is 0 Å². The number of thioether (sulfide) groups is 1. The van der Waals surface area contributed by atoms with E-state index in [0.29, 0.717) is 11.4 Å². The zero-order chi connectivity index (χ0) is 42.2. The average molecular weight is 836 g/mol. The number of aromatic nitrogens is 3. The van der Waals surface area contributed by atoms with Crippen molar-refractivity contribution < 1.29 is 90.4 Å². The lowest BCUT2D eigenvalue weighted by atomic mass is 9.97. The van der Waals surface area contributed by atoms with Gasteiger partial charge in [0.05, 0.1) is 39.2 Å². The van der Waals surface area contributed by atoms with Crippen LogP contribution in [0.1, 0.15) is 54.2 Å². The molecule has 10 atom stereocenters. The van der Waals surface area contributed by atoms with Gasteiger partial charge in [-0.1, -0.05) is 5.21 Å². The molecule has 0 radical (unpaired) electrons. The minimum absolute atomic E-state index is 0.0320. The minimum Gasteiger partial charge on any atom is -0.463 e. The maximum atomic E-state index is 12.0. The summed E-state index contributed by atoms with van der Waals surface area (Å²) in [6.07, 6.45) is -9.01. The van der Waals surface area contributed by atoms with Gasteiger partial charge in [-0.3, -0.25) is 33.6 Å². The first kappa shape index (κ1) is 47.0. The fourth-order valence-corrected chi connectivity index (χ4v) is 6.88. The van der Waals surface area contributed by atoms with Crippen molar-refractivity contribution in [3.8, 4) is 0 Å². The maximum Gasteiger partial charge on any atom is 0.303 e. The predicted octanol–water partition coefficient (Wildman–Crippen LogP) is -0.206. The Morgan fingerprint density at radius 2 is 1.14 bits per heavy atom. The van der Waals surface area contributed by atoms with Gasteiger partial charge in [-0.05, 0) is 0 Å². The number of hydrogen-bond donors (Lipinski definition) is 0. The van der Waals surface area contributed by atoms with Crippen LogP contribution in [0.5, 0.6) is 0 Å². The van der Waals surface area contributed by atoms with Gasteiger partial charge >= 0.3 is 41.8 Å². The summed E-state index contributed by atoms with van der Waals surface area (Å²) in [5.74, 6) is -4.57. The summed E-state index contributed by atoms with van der Waals surface area (Å²) in [7, 11) is 1.31. The van der Waals surface area contributed by atoms with Crippen LogP contribution < -0.4 is 0 Å². The quantitative estimate of drug-likeness (QED) is 0.0935. The second-order valence-electron chi connectivity index (χ2n) is 12.5. The van der Waals surface area contributed by atoms with Gasteiger partial charge in [0.1, 0.15) is 29.9 Å². The van der Waals surface area contributed by atoms with Gasteiger partial charge in [0.2, 0.25) is 0 Å². The first-order valence-corrected chi connectivity index (χ1v) is 18.7. The fraction of sp³-hybridized carbons (Fsp3) is 0.735. The zero-order valence-electron chi connectivity index (χ0n) is 32.8. The van der Waals surface area contributed by atoms with Gasteiger partial charge in [-0.2, -0.15) is 0 Å². The number of rotatable bonds is 20. The molecule has 57 heavy (non-hydrogen) atoms. The number of methoxy groups -OCH3 is 1. The Labute approximate surface area is 332 Å². The van der Waals surface area contributed by atoms with Gasteiger partial charge < -0.3 is 56.8 Å². The standard InChI is InChI=1S/C34H49N3O19S/c1-17(38)48-16-26-28(50-19(3)40)30(52-21(5)42)32(54-23(7)44)34(56-26)57-12-11-46-9-10-47-15-24-13-37(36-35-24)14-25-27(49-18(2)39)29(51-20(4)41)31(53-22(6)43)33(45-8)55-25/h13,25-34H,9-12,14-16H2,1-8H3/t25-,26-,27-,28+,29+,30+,31-,32-,33+,34+/m1/s1. The van der Waals surface area contributed by atoms with Gasteiger partial charge in [-0.15, -0.1) is 16.9 Å². The van der Waals surface area contributed by atoms with Crippen LogP contribution in [-0.4, -0.2) is 157 Å². The lowest BCUT2D eigenvalue weighted by Crippen LogP contribution is -2.62. The lowest BCUT2D eigenvalue weighted by molar-refractivity contribution is -0.300. The van der Waals surface area contributed by atoms with E-state index in [0.717, 1.165) is 34.6 Å². The molecule has 320 valence electrons. The van der Waals surface area contributed by atoms with Crippen LogP contribution >= 0.6 is 11.8 Å². The molecule has 3 rings (SSSR count). The van der Waals surface area contributed by atoms with E-state index in [1.165, 1.54) is 37.4 Å². The molecule has 0 saturated carbocycles. The Bertz CT molecular complexity index is 1540. The second kappa shape index (κ2) is 23.1. The largest absolute Gasteiger partial charge is 0.463 e. The summed E-state index contributed by atoms with van der Waals surface area (Å²) in [6, 6.07) is 0. The van der Waals surface area contributed by atoms with Gasteiger partial charge in [-0.25, -0.2) is 4.68 Å². The number of carbonyl (C=O) groups is 7. The van der Waals surface area contributed by atoms with E-state index in [1.807, 2.05) is 0 Å². The smallest absolute Gasteiger partial charge is 0.303 e. The van der Waals surface area contributed by atoms with Crippen molar-refractivity contribution in [1.29, 1.82) is 0 Å². The van der Waals surface area contributed by atoms with Crippen LogP contribution in [-0.2, 0) is 104 Å². The molecule has 2 fully saturated rings. The molecule has 0 spiro atoms. The molecule has 0 aliphatic carbocycles. The monoisotopic (exact) mass is 835 g/mol. The van der Waals surface area contributed by atoms with Crippen molar-refractivity contribution in [2.75, 3.05) is 39.3 Å². The van der Waals surface area contributed by atoms with Crippen LogP contribution in [0.2, 0.25) is 0 Å². The molecule has 0 amide bonds. The highest BCUT2D eigenvalue weighted by molar-refractivity contribution is 7.99. The van der Waals surface area contributed by atoms with Crippen LogP contribution in [0.15, 0.2) is 6.20 Å². The molecule has 22 nitrogen and oxygen atoms in total. The highest BCUT2D eigenvalue weighted by Gasteiger charge is 2.53. The van der Waals surface area contributed by atoms with Crippen molar-refractivity contribution in [3.63, 3.8) is 0 Å². The van der Waals surface area contributed by atoms with E-state index in [4.69, 9.17) is 56.8 Å².